The molecule has 1 saturated heterocycles. The lowest BCUT2D eigenvalue weighted by Gasteiger charge is -2.38. The molecule has 1 aliphatic heterocycles. The molecular formula is C11H11N2O2. The first-order valence-electron chi connectivity index (χ1n) is 4.69. The number of benzene rings is 1. The standard InChI is InChI=1S/C11H11N2O2/c12-10(14)9-6-7-13(9)11(15)8-4-2-1-3-5-8/h1-6,9H,7H2,(H2,12,14). The van der Waals surface area contributed by atoms with Gasteiger partial charge in [0.1, 0.15) is 6.04 Å². The van der Waals surface area contributed by atoms with Crippen molar-refractivity contribution in [2.45, 2.75) is 6.04 Å². The van der Waals surface area contributed by atoms with Crippen molar-refractivity contribution in [1.29, 1.82) is 0 Å². The molecule has 2 rings (SSSR count). The predicted molar refractivity (Wildman–Crippen MR) is 54.8 cm³/mol. The average Bonchev–Trinajstić information content (AvgIpc) is 2.16. The Labute approximate surface area is 87.7 Å². The topological polar surface area (TPSA) is 63.4 Å². The van der Waals surface area contributed by atoms with Crippen molar-refractivity contribution in [3.05, 3.63) is 42.3 Å². The second-order valence-electron chi connectivity index (χ2n) is 3.41. The SMILES string of the molecule is NC(=O)C1[CH]CN1C(=O)c1ccccc1. The van der Waals surface area contributed by atoms with Crippen LogP contribution in [-0.4, -0.2) is 29.3 Å². The van der Waals surface area contributed by atoms with E-state index in [2.05, 4.69) is 0 Å². The van der Waals surface area contributed by atoms with Gasteiger partial charge in [0, 0.05) is 18.5 Å². The van der Waals surface area contributed by atoms with Crippen LogP contribution in [0.3, 0.4) is 0 Å². The molecule has 1 radical (unpaired) electrons. The molecule has 2 N–H and O–H groups in total. The van der Waals surface area contributed by atoms with Gasteiger partial charge in [-0.3, -0.25) is 9.59 Å². The van der Waals surface area contributed by atoms with E-state index >= 15 is 0 Å². The fraction of sp³-hybridized carbons (Fsp3) is 0.182. The van der Waals surface area contributed by atoms with Gasteiger partial charge in [-0.05, 0) is 12.1 Å². The Kier molecular flexibility index (Phi) is 2.41. The molecule has 15 heavy (non-hydrogen) atoms. The number of hydrogen-bond acceptors (Lipinski definition) is 2. The third-order valence-electron chi connectivity index (χ3n) is 2.43. The van der Waals surface area contributed by atoms with Crippen LogP contribution in [0.15, 0.2) is 30.3 Å². The third kappa shape index (κ3) is 1.70. The minimum Gasteiger partial charge on any atom is -0.368 e. The maximum Gasteiger partial charge on any atom is 0.254 e. The van der Waals surface area contributed by atoms with Crippen molar-refractivity contribution in [2.24, 2.45) is 5.73 Å². The predicted octanol–water partition coefficient (Wildman–Crippen LogP) is 0.201. The second kappa shape index (κ2) is 3.73. The van der Waals surface area contributed by atoms with Gasteiger partial charge in [0.2, 0.25) is 5.91 Å². The molecule has 1 fully saturated rings. The van der Waals surface area contributed by atoms with Crippen LogP contribution in [0.5, 0.6) is 0 Å². The molecule has 77 valence electrons. The fourth-order valence-electron chi connectivity index (χ4n) is 1.54. The maximum atomic E-state index is 11.8. The van der Waals surface area contributed by atoms with E-state index in [1.54, 1.807) is 30.7 Å². The van der Waals surface area contributed by atoms with Crippen LogP contribution in [0.4, 0.5) is 0 Å². The highest BCUT2D eigenvalue weighted by molar-refractivity contribution is 5.99. The van der Waals surface area contributed by atoms with Crippen LogP contribution in [0, 0.1) is 6.42 Å². The Hall–Kier alpha value is -1.84. The maximum absolute atomic E-state index is 11.8. The van der Waals surface area contributed by atoms with E-state index in [0.29, 0.717) is 12.1 Å². The number of primary amides is 1. The van der Waals surface area contributed by atoms with Gasteiger partial charge in [-0.2, -0.15) is 0 Å². The highest BCUT2D eigenvalue weighted by Gasteiger charge is 2.36. The number of carbonyl (C=O) groups is 2. The summed E-state index contributed by atoms with van der Waals surface area (Å²) in [7, 11) is 0. The molecule has 0 saturated carbocycles. The normalized spacial score (nSPS) is 19.5. The largest absolute Gasteiger partial charge is 0.368 e. The van der Waals surface area contributed by atoms with Gasteiger partial charge in [0.15, 0.2) is 0 Å². The number of nitrogens with zero attached hydrogens (tertiary/aromatic N) is 1. The van der Waals surface area contributed by atoms with Gasteiger partial charge in [-0.1, -0.05) is 18.2 Å². The van der Waals surface area contributed by atoms with Gasteiger partial charge >= 0.3 is 0 Å². The Bertz CT molecular complexity index is 389. The summed E-state index contributed by atoms with van der Waals surface area (Å²) in [6, 6.07) is 8.31. The summed E-state index contributed by atoms with van der Waals surface area (Å²) in [6.07, 6.45) is 1.73. The van der Waals surface area contributed by atoms with Crippen molar-refractivity contribution < 1.29 is 9.59 Å². The lowest BCUT2D eigenvalue weighted by molar-refractivity contribution is -0.123. The molecule has 1 heterocycles. The van der Waals surface area contributed by atoms with Crippen molar-refractivity contribution in [1.82, 2.24) is 4.90 Å². The summed E-state index contributed by atoms with van der Waals surface area (Å²) < 4.78 is 0. The first kappa shape index (κ1) is 9.71. The Morgan fingerprint density at radius 1 is 1.27 bits per heavy atom. The fourth-order valence-corrected chi connectivity index (χ4v) is 1.54. The summed E-state index contributed by atoms with van der Waals surface area (Å²) in [5.41, 5.74) is 5.72. The zero-order valence-electron chi connectivity index (χ0n) is 8.09. The van der Waals surface area contributed by atoms with Crippen LogP contribution in [0.25, 0.3) is 0 Å². The second-order valence-corrected chi connectivity index (χ2v) is 3.41. The zero-order chi connectivity index (χ0) is 10.8. The van der Waals surface area contributed by atoms with Crippen molar-refractivity contribution in [2.75, 3.05) is 6.54 Å². The molecule has 0 aromatic heterocycles. The Morgan fingerprint density at radius 2 is 1.93 bits per heavy atom. The summed E-state index contributed by atoms with van der Waals surface area (Å²) in [6.45, 7) is 0.487. The summed E-state index contributed by atoms with van der Waals surface area (Å²) >= 11 is 0. The third-order valence-corrected chi connectivity index (χ3v) is 2.43. The van der Waals surface area contributed by atoms with Crippen LogP contribution in [0.2, 0.25) is 0 Å². The summed E-state index contributed by atoms with van der Waals surface area (Å²) in [4.78, 5) is 24.2. The first-order chi connectivity index (χ1) is 7.20. The first-order valence-corrected chi connectivity index (χ1v) is 4.69. The number of amides is 2. The molecule has 1 aliphatic rings. The molecule has 0 aliphatic carbocycles. The quantitative estimate of drug-likeness (QED) is 0.746. The minimum absolute atomic E-state index is 0.151. The van der Waals surface area contributed by atoms with E-state index in [0.717, 1.165) is 0 Å². The molecule has 4 heteroatoms. The van der Waals surface area contributed by atoms with E-state index in [9.17, 15) is 9.59 Å². The highest BCUT2D eigenvalue weighted by Crippen LogP contribution is 2.18. The summed E-state index contributed by atoms with van der Waals surface area (Å²) in [5, 5.41) is 0. The number of likely N-dealkylation sites (tertiary alicyclic amines) is 1. The Morgan fingerprint density at radius 3 is 2.40 bits per heavy atom. The highest BCUT2D eigenvalue weighted by atomic mass is 16.2. The van der Waals surface area contributed by atoms with E-state index in [4.69, 9.17) is 5.73 Å². The molecule has 1 aromatic carbocycles. The van der Waals surface area contributed by atoms with Gasteiger partial charge < -0.3 is 10.6 Å². The minimum atomic E-state index is -0.544. The monoisotopic (exact) mass is 203 g/mol. The average molecular weight is 203 g/mol. The van der Waals surface area contributed by atoms with Crippen molar-refractivity contribution >= 4 is 11.8 Å². The molecule has 0 spiro atoms. The van der Waals surface area contributed by atoms with Crippen molar-refractivity contribution in [3.63, 3.8) is 0 Å². The number of nitrogens with two attached hydrogens (primary N) is 1. The van der Waals surface area contributed by atoms with Gasteiger partial charge in [-0.25, -0.2) is 0 Å². The van der Waals surface area contributed by atoms with E-state index in [-0.39, 0.29) is 5.91 Å². The van der Waals surface area contributed by atoms with Gasteiger partial charge in [0.25, 0.3) is 5.91 Å². The lowest BCUT2D eigenvalue weighted by Crippen LogP contribution is -2.57. The number of carbonyl (C=O) groups excluding carboxylic acids is 2. The van der Waals surface area contributed by atoms with Crippen LogP contribution < -0.4 is 5.73 Å². The van der Waals surface area contributed by atoms with Crippen LogP contribution >= 0.6 is 0 Å². The molecule has 2 amide bonds. The zero-order valence-corrected chi connectivity index (χ0v) is 8.09. The number of rotatable bonds is 2. The number of hydrogen-bond donors (Lipinski definition) is 1. The lowest BCUT2D eigenvalue weighted by atomic mass is 10.0. The Balaban J connectivity index is 2.13. The van der Waals surface area contributed by atoms with E-state index < -0.39 is 11.9 Å². The molecular weight excluding hydrogens is 192 g/mol. The van der Waals surface area contributed by atoms with Gasteiger partial charge in [-0.15, -0.1) is 0 Å². The molecule has 1 aromatic rings. The van der Waals surface area contributed by atoms with Gasteiger partial charge in [0.05, 0.1) is 0 Å². The van der Waals surface area contributed by atoms with E-state index in [1.807, 2.05) is 6.07 Å². The molecule has 4 nitrogen and oxygen atoms in total. The molecule has 1 unspecified atom stereocenters. The summed E-state index contributed by atoms with van der Waals surface area (Å²) in [5.74, 6) is -0.632. The van der Waals surface area contributed by atoms with Crippen LogP contribution in [0.1, 0.15) is 10.4 Å². The molecule has 1 atom stereocenters. The van der Waals surface area contributed by atoms with Crippen molar-refractivity contribution in [3.8, 4) is 0 Å². The van der Waals surface area contributed by atoms with E-state index in [1.165, 1.54) is 4.90 Å². The molecule has 0 bridgehead atoms. The van der Waals surface area contributed by atoms with Crippen LogP contribution in [-0.2, 0) is 4.79 Å². The smallest absolute Gasteiger partial charge is 0.254 e.